The summed E-state index contributed by atoms with van der Waals surface area (Å²) in [5.74, 6) is 1.33. The van der Waals surface area contributed by atoms with Crippen molar-refractivity contribution in [2.45, 2.75) is 43.8 Å². The van der Waals surface area contributed by atoms with Crippen molar-refractivity contribution in [1.29, 1.82) is 0 Å². The molecular weight excluding hydrogens is 356 g/mol. The van der Waals surface area contributed by atoms with E-state index in [-0.39, 0.29) is 6.03 Å². The van der Waals surface area contributed by atoms with Crippen LogP contribution < -0.4 is 14.8 Å². The lowest BCUT2D eigenvalue weighted by molar-refractivity contribution is 0.0491. The first-order valence-electron chi connectivity index (χ1n) is 10.3. The summed E-state index contributed by atoms with van der Waals surface area (Å²) in [5, 5.41) is 2.99. The number of hydrogen-bond donors (Lipinski definition) is 1. The number of ether oxygens (including phenoxy) is 2. The van der Waals surface area contributed by atoms with E-state index < -0.39 is 0 Å². The number of carbonyl (C=O) groups excluding carboxylic acids is 1. The smallest absolute Gasteiger partial charge is 0.321 e. The summed E-state index contributed by atoms with van der Waals surface area (Å²) in [5.41, 5.74) is 0.690. The zero-order valence-corrected chi connectivity index (χ0v) is 17.2. The second-order valence-electron chi connectivity index (χ2n) is 8.23. The Bertz CT molecular complexity index is 669. The maximum absolute atomic E-state index is 12.7. The molecule has 1 unspecified atom stereocenters. The summed E-state index contributed by atoms with van der Waals surface area (Å²) < 4.78 is 10.6. The summed E-state index contributed by atoms with van der Waals surface area (Å²) in [6, 6.07) is 7.56. The van der Waals surface area contributed by atoms with E-state index >= 15 is 0 Å². The molecule has 3 heterocycles. The van der Waals surface area contributed by atoms with E-state index in [1.54, 1.807) is 20.3 Å². The average Bonchev–Trinajstić information content (AvgIpc) is 2.93. The lowest BCUT2D eigenvalue weighted by atomic mass is 9.96. The van der Waals surface area contributed by atoms with Crippen molar-refractivity contribution < 1.29 is 14.3 Å². The minimum atomic E-state index is -0.0570. The fourth-order valence-electron chi connectivity index (χ4n) is 5.05. The number of piperazine rings is 1. The number of anilines is 1. The first-order valence-corrected chi connectivity index (χ1v) is 10.3. The number of nitrogens with zero attached hydrogens (tertiary/aromatic N) is 3. The highest BCUT2D eigenvalue weighted by atomic mass is 16.5. The fourth-order valence-corrected chi connectivity index (χ4v) is 5.05. The molecule has 1 aromatic rings. The topological polar surface area (TPSA) is 57.3 Å². The van der Waals surface area contributed by atoms with Crippen LogP contribution in [-0.2, 0) is 0 Å². The van der Waals surface area contributed by atoms with Crippen LogP contribution in [0.1, 0.15) is 25.7 Å². The van der Waals surface area contributed by atoms with Crippen molar-refractivity contribution in [3.8, 4) is 11.5 Å². The van der Waals surface area contributed by atoms with Crippen LogP contribution in [0.25, 0.3) is 0 Å². The molecule has 2 amide bonds. The molecule has 3 aliphatic heterocycles. The molecule has 7 nitrogen and oxygen atoms in total. The van der Waals surface area contributed by atoms with Crippen molar-refractivity contribution >= 4 is 11.7 Å². The number of piperidine rings is 1. The summed E-state index contributed by atoms with van der Waals surface area (Å²) in [4.78, 5) is 19.8. The number of benzene rings is 1. The van der Waals surface area contributed by atoms with Gasteiger partial charge < -0.3 is 24.6 Å². The van der Waals surface area contributed by atoms with Gasteiger partial charge in [0.15, 0.2) is 0 Å². The summed E-state index contributed by atoms with van der Waals surface area (Å²) in [6.07, 6.45) is 5.26. The lowest BCUT2D eigenvalue weighted by Gasteiger charge is -2.44. The number of carbonyl (C=O) groups is 1. The van der Waals surface area contributed by atoms with E-state index in [0.717, 1.165) is 38.3 Å². The molecule has 0 aromatic heterocycles. The highest BCUT2D eigenvalue weighted by Crippen LogP contribution is 2.36. The van der Waals surface area contributed by atoms with Crippen molar-refractivity contribution in [2.24, 2.45) is 0 Å². The van der Waals surface area contributed by atoms with Gasteiger partial charge in [-0.05, 0) is 32.7 Å². The van der Waals surface area contributed by atoms with Gasteiger partial charge in [-0.1, -0.05) is 0 Å². The van der Waals surface area contributed by atoms with Crippen LogP contribution in [0.3, 0.4) is 0 Å². The highest BCUT2D eigenvalue weighted by molar-refractivity contribution is 5.90. The normalized spacial score (nSPS) is 28.2. The Morgan fingerprint density at radius 2 is 1.50 bits per heavy atom. The largest absolute Gasteiger partial charge is 0.497 e. The number of fused-ring (bicyclic) bond motifs is 2. The van der Waals surface area contributed by atoms with Gasteiger partial charge in [-0.2, -0.15) is 0 Å². The van der Waals surface area contributed by atoms with Gasteiger partial charge in [0.25, 0.3) is 0 Å². The van der Waals surface area contributed by atoms with E-state index in [4.69, 9.17) is 9.47 Å². The van der Waals surface area contributed by atoms with Crippen LogP contribution in [0.15, 0.2) is 18.2 Å². The summed E-state index contributed by atoms with van der Waals surface area (Å²) >= 11 is 0. The number of nitrogens with one attached hydrogen (secondary N) is 1. The van der Waals surface area contributed by atoms with E-state index in [2.05, 4.69) is 22.2 Å². The Hall–Kier alpha value is -1.99. The number of urea groups is 1. The third kappa shape index (κ3) is 3.91. The maximum Gasteiger partial charge on any atom is 0.321 e. The van der Waals surface area contributed by atoms with E-state index in [0.29, 0.717) is 23.2 Å². The van der Waals surface area contributed by atoms with Crippen LogP contribution in [0.5, 0.6) is 11.5 Å². The standard InChI is InChI=1S/C21H32N4O3/c1-23-16-4-5-17(23)13-18(12-16)24-6-8-25(9-7-24)21(26)22-15-10-19(27-2)14-20(11-15)28-3/h10-11,14,16-18H,4-9,12-13H2,1-3H3,(H,22,26)/t16-,17+,18?. The predicted octanol–water partition coefficient (Wildman–Crippen LogP) is 2.48. The summed E-state index contributed by atoms with van der Waals surface area (Å²) in [6.45, 7) is 3.47. The molecule has 3 aliphatic rings. The van der Waals surface area contributed by atoms with Gasteiger partial charge in [0.2, 0.25) is 0 Å². The Morgan fingerprint density at radius 3 is 2.04 bits per heavy atom. The molecule has 28 heavy (non-hydrogen) atoms. The monoisotopic (exact) mass is 388 g/mol. The fraction of sp³-hybridized carbons (Fsp3) is 0.667. The molecule has 3 atom stereocenters. The molecule has 0 radical (unpaired) electrons. The van der Waals surface area contributed by atoms with Gasteiger partial charge in [-0.25, -0.2) is 4.79 Å². The Balaban J connectivity index is 1.31. The first-order chi connectivity index (χ1) is 13.6. The van der Waals surface area contributed by atoms with Gasteiger partial charge in [0, 0.05) is 68.2 Å². The van der Waals surface area contributed by atoms with E-state index in [9.17, 15) is 4.79 Å². The molecule has 7 heteroatoms. The molecule has 1 aromatic carbocycles. The molecular formula is C21H32N4O3. The van der Waals surface area contributed by atoms with E-state index in [1.807, 2.05) is 17.0 Å². The Kier molecular flexibility index (Phi) is 5.64. The van der Waals surface area contributed by atoms with Crippen LogP contribution in [0.4, 0.5) is 10.5 Å². The molecule has 154 valence electrons. The van der Waals surface area contributed by atoms with Crippen molar-refractivity contribution in [1.82, 2.24) is 14.7 Å². The number of rotatable bonds is 4. The number of methoxy groups -OCH3 is 2. The zero-order chi connectivity index (χ0) is 19.7. The maximum atomic E-state index is 12.7. The van der Waals surface area contributed by atoms with Crippen molar-refractivity contribution in [3.05, 3.63) is 18.2 Å². The lowest BCUT2D eigenvalue weighted by Crippen LogP contribution is -2.56. The quantitative estimate of drug-likeness (QED) is 0.859. The first kappa shape index (κ1) is 19.3. The predicted molar refractivity (Wildman–Crippen MR) is 109 cm³/mol. The molecule has 3 fully saturated rings. The van der Waals surface area contributed by atoms with Crippen LogP contribution >= 0.6 is 0 Å². The van der Waals surface area contributed by atoms with Crippen molar-refractivity contribution in [2.75, 3.05) is 52.8 Å². The third-order valence-electron chi connectivity index (χ3n) is 6.79. The molecule has 3 saturated heterocycles. The van der Waals surface area contributed by atoms with Gasteiger partial charge in [-0.3, -0.25) is 4.90 Å². The second-order valence-corrected chi connectivity index (χ2v) is 8.23. The van der Waals surface area contributed by atoms with Crippen LogP contribution in [-0.4, -0.2) is 86.3 Å². The van der Waals surface area contributed by atoms with Crippen LogP contribution in [0, 0.1) is 0 Å². The average molecular weight is 389 g/mol. The SMILES string of the molecule is COc1cc(NC(=O)N2CCN(C3C[C@H]4CC[C@@H](C3)N4C)CC2)cc(OC)c1. The molecule has 4 rings (SSSR count). The highest BCUT2D eigenvalue weighted by Gasteiger charge is 2.41. The van der Waals surface area contributed by atoms with Gasteiger partial charge in [0.05, 0.1) is 14.2 Å². The third-order valence-corrected chi connectivity index (χ3v) is 6.79. The van der Waals surface area contributed by atoms with Gasteiger partial charge in [-0.15, -0.1) is 0 Å². The minimum Gasteiger partial charge on any atom is -0.497 e. The molecule has 2 bridgehead atoms. The number of amides is 2. The number of hydrogen-bond acceptors (Lipinski definition) is 5. The Labute approximate surface area is 167 Å². The van der Waals surface area contributed by atoms with Crippen molar-refractivity contribution in [3.63, 3.8) is 0 Å². The molecule has 0 aliphatic carbocycles. The van der Waals surface area contributed by atoms with Crippen LogP contribution in [0.2, 0.25) is 0 Å². The molecule has 0 saturated carbocycles. The summed E-state index contributed by atoms with van der Waals surface area (Å²) in [7, 11) is 5.50. The second kappa shape index (κ2) is 8.17. The van der Waals surface area contributed by atoms with Gasteiger partial charge in [0.1, 0.15) is 11.5 Å². The Morgan fingerprint density at radius 1 is 0.929 bits per heavy atom. The van der Waals surface area contributed by atoms with Gasteiger partial charge >= 0.3 is 6.03 Å². The molecule has 0 spiro atoms. The molecule has 1 N–H and O–H groups in total. The zero-order valence-electron chi connectivity index (χ0n) is 17.2. The minimum absolute atomic E-state index is 0.0570. The van der Waals surface area contributed by atoms with E-state index in [1.165, 1.54) is 25.7 Å².